The fourth-order valence-electron chi connectivity index (χ4n) is 2.19. The molecule has 1 heterocycles. The molecule has 0 aromatic heterocycles. The minimum Gasteiger partial charge on any atom is -0.391 e. The van der Waals surface area contributed by atoms with Crippen LogP contribution in [0.25, 0.3) is 0 Å². The molecule has 1 saturated heterocycles. The molecule has 0 radical (unpaired) electrons. The first kappa shape index (κ1) is 11.8. The van der Waals surface area contributed by atoms with Crippen LogP contribution in [0.15, 0.2) is 30.3 Å². The Morgan fingerprint density at radius 2 is 1.94 bits per heavy atom. The van der Waals surface area contributed by atoms with Crippen LogP contribution >= 0.6 is 0 Å². The number of cyclic esters (lactones) is 2. The van der Waals surface area contributed by atoms with Crippen molar-refractivity contribution in [1.29, 1.82) is 0 Å². The molecule has 17 heavy (non-hydrogen) atoms. The van der Waals surface area contributed by atoms with Gasteiger partial charge in [-0.3, -0.25) is 4.79 Å². The smallest absolute Gasteiger partial charge is 0.347 e. The van der Waals surface area contributed by atoms with E-state index in [9.17, 15) is 14.7 Å². The van der Waals surface area contributed by atoms with Gasteiger partial charge in [0.15, 0.2) is 5.60 Å². The lowest BCUT2D eigenvalue weighted by Gasteiger charge is -2.22. The largest absolute Gasteiger partial charge is 0.391 e. The number of carbonyl (C=O) groups is 2. The van der Waals surface area contributed by atoms with Gasteiger partial charge >= 0.3 is 11.9 Å². The van der Waals surface area contributed by atoms with Crippen LogP contribution in [0.2, 0.25) is 0 Å². The van der Waals surface area contributed by atoms with Gasteiger partial charge in [0.2, 0.25) is 0 Å². The van der Waals surface area contributed by atoms with Crippen molar-refractivity contribution in [2.45, 2.75) is 25.4 Å². The minimum atomic E-state index is -1.72. The molecule has 1 aromatic carbocycles. The van der Waals surface area contributed by atoms with Crippen molar-refractivity contribution in [2.24, 2.45) is 5.92 Å². The Morgan fingerprint density at radius 3 is 2.53 bits per heavy atom. The van der Waals surface area contributed by atoms with Gasteiger partial charge in [0, 0.05) is 6.42 Å². The number of esters is 2. The topological polar surface area (TPSA) is 63.6 Å². The number of ether oxygens (including phenoxy) is 1. The van der Waals surface area contributed by atoms with Gasteiger partial charge in [0.05, 0.1) is 5.92 Å². The summed E-state index contributed by atoms with van der Waals surface area (Å²) in [5.41, 5.74) is -0.909. The van der Waals surface area contributed by atoms with Crippen molar-refractivity contribution < 1.29 is 19.4 Å². The molecule has 2 unspecified atom stereocenters. The Labute approximate surface area is 99.2 Å². The molecular weight excluding hydrogens is 220 g/mol. The summed E-state index contributed by atoms with van der Waals surface area (Å²) in [6.45, 7) is 1.75. The van der Waals surface area contributed by atoms with Crippen molar-refractivity contribution in [3.63, 3.8) is 0 Å². The molecule has 0 saturated carbocycles. The highest BCUT2D eigenvalue weighted by Crippen LogP contribution is 2.33. The zero-order chi connectivity index (χ0) is 12.5. The predicted octanol–water partition coefficient (Wildman–Crippen LogP) is 1.07. The Balaban J connectivity index is 2.28. The number of aliphatic hydroxyl groups is 1. The van der Waals surface area contributed by atoms with E-state index in [1.165, 1.54) is 0 Å². The van der Waals surface area contributed by atoms with Crippen LogP contribution in [0.5, 0.6) is 0 Å². The van der Waals surface area contributed by atoms with Crippen molar-refractivity contribution in [3.8, 4) is 0 Å². The Kier molecular flexibility index (Phi) is 2.98. The highest BCUT2D eigenvalue weighted by Gasteiger charge is 2.55. The zero-order valence-corrected chi connectivity index (χ0v) is 9.55. The van der Waals surface area contributed by atoms with Gasteiger partial charge in [0.25, 0.3) is 0 Å². The highest BCUT2D eigenvalue weighted by molar-refractivity contribution is 6.01. The van der Waals surface area contributed by atoms with Crippen LogP contribution in [-0.4, -0.2) is 22.6 Å². The second-order valence-electron chi connectivity index (χ2n) is 4.26. The highest BCUT2D eigenvalue weighted by atomic mass is 16.6. The Morgan fingerprint density at radius 1 is 1.29 bits per heavy atom. The van der Waals surface area contributed by atoms with Crippen LogP contribution < -0.4 is 0 Å². The molecule has 0 spiro atoms. The molecule has 4 heteroatoms. The standard InChI is InChI=1S/C13H14O4/c1-2-10-11(14)17-12(15)13(10,16)8-9-6-4-3-5-7-9/h3-7,10,16H,2,8H2,1H3. The van der Waals surface area contributed by atoms with Gasteiger partial charge in [-0.05, 0) is 12.0 Å². The summed E-state index contributed by atoms with van der Waals surface area (Å²) in [5, 5.41) is 10.3. The third kappa shape index (κ3) is 1.96. The molecule has 2 rings (SSSR count). The summed E-state index contributed by atoms with van der Waals surface area (Å²) >= 11 is 0. The second-order valence-corrected chi connectivity index (χ2v) is 4.26. The lowest BCUT2D eigenvalue weighted by atomic mass is 9.82. The van der Waals surface area contributed by atoms with E-state index in [2.05, 4.69) is 4.74 Å². The van der Waals surface area contributed by atoms with Gasteiger partial charge in [-0.1, -0.05) is 37.3 Å². The maximum absolute atomic E-state index is 11.6. The summed E-state index contributed by atoms with van der Waals surface area (Å²) in [6.07, 6.45) is 0.491. The lowest BCUT2D eigenvalue weighted by molar-refractivity contribution is -0.158. The molecule has 1 fully saturated rings. The van der Waals surface area contributed by atoms with E-state index in [4.69, 9.17) is 0 Å². The molecule has 1 aliphatic heterocycles. The number of hydrogen-bond acceptors (Lipinski definition) is 4. The number of benzene rings is 1. The molecular formula is C13H14O4. The number of carbonyl (C=O) groups excluding carboxylic acids is 2. The molecule has 0 aliphatic carbocycles. The normalized spacial score (nSPS) is 28.2. The average Bonchev–Trinajstić information content (AvgIpc) is 2.50. The van der Waals surface area contributed by atoms with Gasteiger partial charge in [0.1, 0.15) is 0 Å². The van der Waals surface area contributed by atoms with Crippen molar-refractivity contribution in [1.82, 2.24) is 0 Å². The average molecular weight is 234 g/mol. The van der Waals surface area contributed by atoms with Gasteiger partial charge in [-0.15, -0.1) is 0 Å². The van der Waals surface area contributed by atoms with Crippen LogP contribution in [0.3, 0.4) is 0 Å². The van der Waals surface area contributed by atoms with Crippen molar-refractivity contribution in [3.05, 3.63) is 35.9 Å². The van der Waals surface area contributed by atoms with Crippen LogP contribution in [0.1, 0.15) is 18.9 Å². The summed E-state index contributed by atoms with van der Waals surface area (Å²) in [7, 11) is 0. The van der Waals surface area contributed by atoms with E-state index in [-0.39, 0.29) is 6.42 Å². The molecule has 90 valence electrons. The zero-order valence-electron chi connectivity index (χ0n) is 9.55. The van der Waals surface area contributed by atoms with Crippen molar-refractivity contribution in [2.75, 3.05) is 0 Å². The maximum atomic E-state index is 11.6. The molecule has 2 atom stereocenters. The van der Waals surface area contributed by atoms with E-state index in [0.29, 0.717) is 6.42 Å². The second kappa shape index (κ2) is 4.30. The predicted molar refractivity (Wildman–Crippen MR) is 60.0 cm³/mol. The minimum absolute atomic E-state index is 0.108. The first-order valence-electron chi connectivity index (χ1n) is 5.60. The number of hydrogen-bond donors (Lipinski definition) is 1. The molecule has 0 amide bonds. The molecule has 1 N–H and O–H groups in total. The SMILES string of the molecule is CCC1C(=O)OC(=O)C1(O)Cc1ccccc1. The third-order valence-corrected chi connectivity index (χ3v) is 3.13. The third-order valence-electron chi connectivity index (χ3n) is 3.13. The van der Waals surface area contributed by atoms with Gasteiger partial charge < -0.3 is 9.84 Å². The molecule has 0 bridgehead atoms. The summed E-state index contributed by atoms with van der Waals surface area (Å²) in [6, 6.07) is 9.11. The quantitative estimate of drug-likeness (QED) is 0.627. The molecule has 1 aliphatic rings. The summed E-state index contributed by atoms with van der Waals surface area (Å²) in [4.78, 5) is 23.0. The first-order valence-corrected chi connectivity index (χ1v) is 5.60. The van der Waals surface area contributed by atoms with E-state index >= 15 is 0 Å². The molecule has 1 aromatic rings. The monoisotopic (exact) mass is 234 g/mol. The van der Waals surface area contributed by atoms with Crippen LogP contribution in [-0.2, 0) is 20.7 Å². The molecule has 4 nitrogen and oxygen atoms in total. The first-order chi connectivity index (χ1) is 8.08. The Hall–Kier alpha value is -1.68. The van der Waals surface area contributed by atoms with Crippen LogP contribution in [0.4, 0.5) is 0 Å². The van der Waals surface area contributed by atoms with E-state index in [1.54, 1.807) is 19.1 Å². The van der Waals surface area contributed by atoms with E-state index < -0.39 is 23.5 Å². The fraction of sp³-hybridized carbons (Fsp3) is 0.385. The fourth-order valence-corrected chi connectivity index (χ4v) is 2.19. The Bertz CT molecular complexity index is 440. The van der Waals surface area contributed by atoms with E-state index in [1.807, 2.05) is 18.2 Å². The van der Waals surface area contributed by atoms with Crippen molar-refractivity contribution >= 4 is 11.9 Å². The summed E-state index contributed by atoms with van der Waals surface area (Å²) < 4.78 is 4.52. The van der Waals surface area contributed by atoms with Gasteiger partial charge in [-0.25, -0.2) is 4.79 Å². The van der Waals surface area contributed by atoms with E-state index in [0.717, 1.165) is 5.56 Å². The summed E-state index contributed by atoms with van der Waals surface area (Å²) in [5.74, 6) is -2.23. The lowest BCUT2D eigenvalue weighted by Crippen LogP contribution is -2.43. The maximum Gasteiger partial charge on any atom is 0.347 e. The van der Waals surface area contributed by atoms with Crippen LogP contribution in [0, 0.1) is 5.92 Å². The van der Waals surface area contributed by atoms with Gasteiger partial charge in [-0.2, -0.15) is 0 Å². The number of rotatable bonds is 3.